The van der Waals surface area contributed by atoms with Crippen LogP contribution in [-0.4, -0.2) is 34.9 Å². The summed E-state index contributed by atoms with van der Waals surface area (Å²) in [6.07, 6.45) is -0.627. The van der Waals surface area contributed by atoms with Crippen molar-refractivity contribution < 1.29 is 24.2 Å². The lowest BCUT2D eigenvalue weighted by Crippen LogP contribution is -2.54. The van der Waals surface area contributed by atoms with E-state index in [9.17, 15) is 14.7 Å². The summed E-state index contributed by atoms with van der Waals surface area (Å²) in [6, 6.07) is 5.45. The van der Waals surface area contributed by atoms with Crippen LogP contribution >= 0.6 is 22.6 Å². The first-order valence-electron chi connectivity index (χ1n) is 7.62. The predicted molar refractivity (Wildman–Crippen MR) is 99.4 cm³/mol. The molecule has 1 atom stereocenters. The smallest absolute Gasteiger partial charge is 0.408 e. The highest BCUT2D eigenvalue weighted by Gasteiger charge is 2.36. The van der Waals surface area contributed by atoms with Crippen molar-refractivity contribution in [2.24, 2.45) is 0 Å². The number of rotatable bonds is 6. The molecule has 24 heavy (non-hydrogen) atoms. The van der Waals surface area contributed by atoms with Gasteiger partial charge in [-0.25, -0.2) is 9.59 Å². The second kappa shape index (κ2) is 8.04. The highest BCUT2D eigenvalue weighted by molar-refractivity contribution is 14.1. The van der Waals surface area contributed by atoms with E-state index >= 15 is 0 Å². The third-order valence-corrected chi connectivity index (χ3v) is 3.95. The van der Waals surface area contributed by atoms with E-state index in [0.29, 0.717) is 6.61 Å². The Balaban J connectivity index is 2.94. The minimum absolute atomic E-state index is 0.129. The molecule has 0 bridgehead atoms. The number of aliphatic carboxylic acids is 1. The fourth-order valence-electron chi connectivity index (χ4n) is 2.04. The molecule has 6 nitrogen and oxygen atoms in total. The van der Waals surface area contributed by atoms with Crippen LogP contribution in [0.1, 0.15) is 40.2 Å². The highest BCUT2D eigenvalue weighted by atomic mass is 127. The molecule has 0 heterocycles. The number of ether oxygens (including phenoxy) is 2. The van der Waals surface area contributed by atoms with Crippen molar-refractivity contribution in [3.63, 3.8) is 0 Å². The zero-order chi connectivity index (χ0) is 18.5. The van der Waals surface area contributed by atoms with Gasteiger partial charge in [-0.1, -0.05) is 6.07 Å². The third kappa shape index (κ3) is 6.18. The molecular weight excluding hydrogens is 425 g/mol. The largest absolute Gasteiger partial charge is 0.493 e. The minimum Gasteiger partial charge on any atom is -0.493 e. The molecule has 1 amide bonds. The van der Waals surface area contributed by atoms with E-state index in [2.05, 4.69) is 27.9 Å². The van der Waals surface area contributed by atoms with Crippen molar-refractivity contribution >= 4 is 34.7 Å². The molecule has 0 aliphatic carbocycles. The number of benzene rings is 1. The van der Waals surface area contributed by atoms with Gasteiger partial charge in [0.15, 0.2) is 0 Å². The van der Waals surface area contributed by atoms with Crippen LogP contribution in [0.5, 0.6) is 5.75 Å². The monoisotopic (exact) mass is 449 g/mol. The zero-order valence-electron chi connectivity index (χ0n) is 14.6. The molecule has 0 unspecified atom stereocenters. The Hall–Kier alpha value is -1.51. The number of carboxylic acid groups (broad SMARTS) is 1. The normalized spacial score (nSPS) is 13.8. The Morgan fingerprint density at radius 2 is 1.88 bits per heavy atom. The number of nitrogens with one attached hydrogen (secondary N) is 1. The van der Waals surface area contributed by atoms with E-state index in [1.807, 2.05) is 13.0 Å². The second-order valence-corrected chi connectivity index (χ2v) is 7.80. The lowest BCUT2D eigenvalue weighted by molar-refractivity contribution is -0.144. The quantitative estimate of drug-likeness (QED) is 0.649. The van der Waals surface area contributed by atoms with Gasteiger partial charge in [-0.2, -0.15) is 0 Å². The second-order valence-electron chi connectivity index (χ2n) is 6.64. The molecular formula is C17H24INO5. The van der Waals surface area contributed by atoms with E-state index in [1.165, 1.54) is 6.92 Å². The van der Waals surface area contributed by atoms with Gasteiger partial charge in [-0.3, -0.25) is 0 Å². The van der Waals surface area contributed by atoms with Gasteiger partial charge >= 0.3 is 12.1 Å². The summed E-state index contributed by atoms with van der Waals surface area (Å²) in [7, 11) is 0. The van der Waals surface area contributed by atoms with Crippen molar-refractivity contribution in [1.82, 2.24) is 5.32 Å². The average molecular weight is 449 g/mol. The fourth-order valence-corrected chi connectivity index (χ4v) is 2.77. The fraction of sp³-hybridized carbons (Fsp3) is 0.529. The van der Waals surface area contributed by atoms with E-state index in [1.54, 1.807) is 32.9 Å². The predicted octanol–water partition coefficient (Wildman–Crippen LogP) is 3.60. The molecule has 1 aromatic carbocycles. The maximum atomic E-state index is 12.0. The van der Waals surface area contributed by atoms with E-state index in [0.717, 1.165) is 14.9 Å². The van der Waals surface area contributed by atoms with E-state index in [4.69, 9.17) is 9.47 Å². The molecule has 0 spiro atoms. The van der Waals surface area contributed by atoms with Crippen molar-refractivity contribution in [3.05, 3.63) is 27.3 Å². The molecule has 2 N–H and O–H groups in total. The summed E-state index contributed by atoms with van der Waals surface area (Å²) in [5, 5.41) is 12.0. The molecule has 0 fully saturated rings. The highest BCUT2D eigenvalue weighted by Crippen LogP contribution is 2.24. The summed E-state index contributed by atoms with van der Waals surface area (Å²) in [5.74, 6) is -0.378. The lowest BCUT2D eigenvalue weighted by Gasteiger charge is -2.28. The van der Waals surface area contributed by atoms with Crippen molar-refractivity contribution in [2.45, 2.75) is 52.2 Å². The van der Waals surface area contributed by atoms with Crippen molar-refractivity contribution in [2.75, 3.05) is 6.61 Å². The Labute approximate surface area is 156 Å². The number of hydrogen-bond donors (Lipinski definition) is 2. The Bertz CT molecular complexity index is 611. The molecule has 1 rings (SSSR count). The first-order valence-corrected chi connectivity index (χ1v) is 8.70. The maximum Gasteiger partial charge on any atom is 0.408 e. The molecule has 0 saturated carbocycles. The number of halogens is 1. The number of amides is 1. The Morgan fingerprint density at radius 3 is 2.33 bits per heavy atom. The van der Waals surface area contributed by atoms with Crippen LogP contribution in [-0.2, 0) is 16.0 Å². The van der Waals surface area contributed by atoms with Gasteiger partial charge in [-0.05, 0) is 74.9 Å². The number of alkyl carbamates (subject to hydrolysis) is 1. The van der Waals surface area contributed by atoms with Gasteiger partial charge in [0, 0.05) is 6.42 Å². The molecule has 0 radical (unpaired) electrons. The van der Waals surface area contributed by atoms with E-state index < -0.39 is 23.2 Å². The molecule has 7 heteroatoms. The van der Waals surface area contributed by atoms with Crippen LogP contribution in [0.2, 0.25) is 0 Å². The van der Waals surface area contributed by atoms with Crippen LogP contribution in [0.25, 0.3) is 0 Å². The maximum absolute atomic E-state index is 12.0. The lowest BCUT2D eigenvalue weighted by atomic mass is 9.93. The molecule has 1 aromatic rings. The number of carbonyl (C=O) groups is 2. The zero-order valence-corrected chi connectivity index (χ0v) is 16.8. The summed E-state index contributed by atoms with van der Waals surface area (Å²) in [4.78, 5) is 23.6. The summed E-state index contributed by atoms with van der Waals surface area (Å²) in [6.45, 7) is 9.08. The number of hydrogen-bond acceptors (Lipinski definition) is 4. The van der Waals surface area contributed by atoms with Crippen molar-refractivity contribution in [1.29, 1.82) is 0 Å². The van der Waals surface area contributed by atoms with Crippen LogP contribution < -0.4 is 10.1 Å². The Morgan fingerprint density at radius 1 is 1.25 bits per heavy atom. The molecule has 0 saturated heterocycles. The van der Waals surface area contributed by atoms with Crippen LogP contribution in [0, 0.1) is 3.57 Å². The minimum atomic E-state index is -1.47. The van der Waals surface area contributed by atoms with Gasteiger partial charge in [0.2, 0.25) is 0 Å². The average Bonchev–Trinajstić information content (AvgIpc) is 2.39. The third-order valence-electron chi connectivity index (χ3n) is 3.10. The van der Waals surface area contributed by atoms with Crippen LogP contribution in [0.4, 0.5) is 4.79 Å². The number of carboxylic acids is 1. The first-order chi connectivity index (χ1) is 11.0. The molecule has 134 valence electrons. The number of carbonyl (C=O) groups excluding carboxylic acids is 1. The summed E-state index contributed by atoms with van der Waals surface area (Å²) in [5.41, 5.74) is -1.39. The van der Waals surface area contributed by atoms with Gasteiger partial charge in [0.1, 0.15) is 16.9 Å². The Kier molecular flexibility index (Phi) is 6.88. The van der Waals surface area contributed by atoms with Crippen LogP contribution in [0.15, 0.2) is 18.2 Å². The molecule has 0 aromatic heterocycles. The van der Waals surface area contributed by atoms with Crippen molar-refractivity contribution in [3.8, 4) is 5.75 Å². The van der Waals surface area contributed by atoms with Gasteiger partial charge in [0.05, 0.1) is 10.2 Å². The summed E-state index contributed by atoms with van der Waals surface area (Å²) < 4.78 is 11.5. The van der Waals surface area contributed by atoms with Gasteiger partial charge in [-0.15, -0.1) is 0 Å². The molecule has 0 aliphatic rings. The summed E-state index contributed by atoms with van der Waals surface area (Å²) >= 11 is 2.14. The van der Waals surface area contributed by atoms with Crippen LogP contribution in [0.3, 0.4) is 0 Å². The van der Waals surface area contributed by atoms with Gasteiger partial charge in [0.25, 0.3) is 0 Å². The standard InChI is InChI=1S/C17H24INO5/c1-6-23-13-8-7-11(9-12(13)18)10-17(5,14(20)21)19-15(22)24-16(2,3)4/h7-9H,6,10H2,1-5H3,(H,19,22)(H,20,21)/t17-/m0/s1. The SMILES string of the molecule is CCOc1ccc(C[C@](C)(NC(=O)OC(C)(C)C)C(=O)O)cc1I. The van der Waals surface area contributed by atoms with E-state index in [-0.39, 0.29) is 6.42 Å². The van der Waals surface area contributed by atoms with Gasteiger partial charge < -0.3 is 19.9 Å². The molecule has 0 aliphatic heterocycles. The first kappa shape index (κ1) is 20.5. The topological polar surface area (TPSA) is 84.9 Å².